The van der Waals surface area contributed by atoms with Crippen molar-refractivity contribution in [1.82, 2.24) is 14.5 Å². The van der Waals surface area contributed by atoms with Crippen LogP contribution in [-0.4, -0.2) is 14.5 Å². The summed E-state index contributed by atoms with van der Waals surface area (Å²) in [6, 6.07) is 65.5. The fourth-order valence-corrected chi connectivity index (χ4v) is 8.05. The number of hydrogen-bond acceptors (Lipinski definition) is 3. The molecule has 277 valence electrons. The molecule has 57 heavy (non-hydrogen) atoms. The van der Waals surface area contributed by atoms with Gasteiger partial charge < -0.3 is 9.55 Å². The van der Waals surface area contributed by atoms with Crippen LogP contribution in [0.1, 0.15) is 15.2 Å². The first-order valence-electron chi connectivity index (χ1n) is 20.0. The first-order valence-corrected chi connectivity index (χ1v) is 19.3. The molecule has 7 aromatic carbocycles. The molecule has 3 nitrogen and oxygen atoms in total. The minimum Gasteiger partial charge on any atom is -0.332 e. The third-order valence-corrected chi connectivity index (χ3v) is 10.7. The van der Waals surface area contributed by atoms with Crippen LogP contribution in [0.2, 0.25) is 0 Å². The van der Waals surface area contributed by atoms with Crippen molar-refractivity contribution >= 4 is 32.5 Å². The van der Waals surface area contributed by atoms with Gasteiger partial charge in [-0.1, -0.05) is 143 Å². The number of hydrogen-bond donors (Lipinski definition) is 0. The minimum absolute atomic E-state index is 0. The molecule has 0 saturated heterocycles. The van der Waals surface area contributed by atoms with E-state index in [-0.39, 0.29) is 25.7 Å². The van der Waals surface area contributed by atoms with Gasteiger partial charge in [-0.15, -0.1) is 47.3 Å². The predicted molar refractivity (Wildman–Crippen MR) is 235 cm³/mol. The van der Waals surface area contributed by atoms with Crippen LogP contribution in [0.4, 0.5) is 0 Å². The van der Waals surface area contributed by atoms with Crippen LogP contribution in [0.5, 0.6) is 0 Å². The van der Waals surface area contributed by atoms with Crippen LogP contribution in [0.3, 0.4) is 0 Å². The average molecular weight is 931 g/mol. The van der Waals surface area contributed by atoms with Gasteiger partial charge in [0, 0.05) is 41.5 Å². The fraction of sp³-hybridized carbons (Fsp3) is 0.0385. The summed E-state index contributed by atoms with van der Waals surface area (Å²) in [4.78, 5) is 9.42. The Kier molecular flexibility index (Phi) is 10.1. The van der Waals surface area contributed by atoms with Crippen molar-refractivity contribution in [3.63, 3.8) is 0 Å². The standard InChI is InChI=1S/C40H27N2S.C12H10N.Ir/c1-27-23-33(29-15-7-3-8-16-29)39(34(24-27)30-17-9-4-10-18-30)42-37-20-12-11-19-36(37)41-40(42)35-26-43-38-25-31(21-22-32(35)38)28-13-5-2-6-14-28;1-10-7-8-12(13-9-10)11-5-3-2-4-6-11;/h2-25H,1H3;2-5,7-9H,1H3;/q2*-1;/i;1D3;. The van der Waals surface area contributed by atoms with E-state index < -0.39 is 6.85 Å². The molecule has 0 spiro atoms. The van der Waals surface area contributed by atoms with Gasteiger partial charge in [-0.25, -0.2) is 0 Å². The zero-order valence-electron chi connectivity index (χ0n) is 34.0. The number of fused-ring (bicyclic) bond motifs is 2. The molecule has 3 aromatic heterocycles. The summed E-state index contributed by atoms with van der Waals surface area (Å²) in [7, 11) is 0. The first kappa shape index (κ1) is 34.1. The zero-order chi connectivity index (χ0) is 40.3. The third kappa shape index (κ3) is 7.79. The Morgan fingerprint density at radius 1 is 0.614 bits per heavy atom. The normalized spacial score (nSPS) is 11.8. The van der Waals surface area contributed by atoms with Gasteiger partial charge in [-0.05, 0) is 77.1 Å². The largest absolute Gasteiger partial charge is 0.332 e. The topological polar surface area (TPSA) is 30.7 Å². The zero-order valence-corrected chi connectivity index (χ0v) is 34.2. The smallest absolute Gasteiger partial charge is 0.0774 e. The van der Waals surface area contributed by atoms with Crippen LogP contribution >= 0.6 is 11.3 Å². The number of benzene rings is 7. The van der Waals surface area contributed by atoms with Crippen molar-refractivity contribution in [2.24, 2.45) is 0 Å². The summed E-state index contributed by atoms with van der Waals surface area (Å²) in [6.45, 7) is 0.0893. The molecule has 0 aliphatic heterocycles. The summed E-state index contributed by atoms with van der Waals surface area (Å²) in [5.41, 5.74) is 14.4. The van der Waals surface area contributed by atoms with Crippen molar-refractivity contribution in [2.75, 3.05) is 0 Å². The number of imidazole rings is 1. The number of pyridine rings is 1. The second-order valence-corrected chi connectivity index (χ2v) is 14.4. The van der Waals surface area contributed by atoms with E-state index in [1.807, 2.05) is 18.2 Å². The predicted octanol–water partition coefficient (Wildman–Crippen LogP) is 13.9. The van der Waals surface area contributed by atoms with Crippen LogP contribution in [0.15, 0.2) is 188 Å². The second kappa shape index (κ2) is 16.9. The quantitative estimate of drug-likeness (QED) is 0.156. The number of nitrogens with zero attached hydrogens (tertiary/aromatic N) is 3. The molecule has 0 amide bonds. The molecule has 0 bridgehead atoms. The number of thiophene rings is 1. The Bertz CT molecular complexity index is 2960. The second-order valence-electron chi connectivity index (χ2n) is 13.6. The van der Waals surface area contributed by atoms with Crippen LogP contribution in [0.25, 0.3) is 82.8 Å². The van der Waals surface area contributed by atoms with E-state index >= 15 is 0 Å². The van der Waals surface area contributed by atoms with Crippen LogP contribution < -0.4 is 0 Å². The van der Waals surface area contributed by atoms with Gasteiger partial charge >= 0.3 is 0 Å². The Morgan fingerprint density at radius 2 is 1.26 bits per heavy atom. The molecule has 0 atom stereocenters. The van der Waals surface area contributed by atoms with E-state index in [9.17, 15) is 0 Å². The monoisotopic (exact) mass is 931 g/mol. The van der Waals surface area contributed by atoms with Crippen molar-refractivity contribution in [3.8, 4) is 61.7 Å². The van der Waals surface area contributed by atoms with Crippen molar-refractivity contribution in [3.05, 3.63) is 211 Å². The summed E-state index contributed by atoms with van der Waals surface area (Å²) in [5, 5.41) is 4.83. The van der Waals surface area contributed by atoms with Gasteiger partial charge in [0.25, 0.3) is 0 Å². The van der Waals surface area contributed by atoms with Crippen LogP contribution in [-0.2, 0) is 20.1 Å². The maximum atomic E-state index is 7.23. The molecule has 0 aliphatic carbocycles. The molecule has 3 heterocycles. The maximum absolute atomic E-state index is 7.23. The number of aromatic nitrogens is 3. The van der Waals surface area contributed by atoms with E-state index in [0.29, 0.717) is 0 Å². The summed E-state index contributed by atoms with van der Waals surface area (Å²) in [5.74, 6) is 0.901. The van der Waals surface area contributed by atoms with Gasteiger partial charge in [0.1, 0.15) is 0 Å². The molecule has 0 saturated carbocycles. The van der Waals surface area contributed by atoms with Gasteiger partial charge in [-0.3, -0.25) is 16.3 Å². The van der Waals surface area contributed by atoms with Gasteiger partial charge in [0.15, 0.2) is 0 Å². The number of rotatable bonds is 6. The van der Waals surface area contributed by atoms with E-state index in [1.54, 1.807) is 29.5 Å². The van der Waals surface area contributed by atoms with Crippen molar-refractivity contribution < 1.29 is 24.2 Å². The van der Waals surface area contributed by atoms with E-state index in [1.165, 1.54) is 49.8 Å². The van der Waals surface area contributed by atoms with Crippen molar-refractivity contribution in [2.45, 2.75) is 13.8 Å². The molecule has 0 N–H and O–H groups in total. The third-order valence-electron chi connectivity index (χ3n) is 9.80. The van der Waals surface area contributed by atoms with Crippen LogP contribution in [0, 0.1) is 25.2 Å². The Hall–Kier alpha value is -6.23. The van der Waals surface area contributed by atoms with E-state index in [2.05, 4.69) is 174 Å². The summed E-state index contributed by atoms with van der Waals surface area (Å²) in [6.07, 6.45) is 1.39. The Morgan fingerprint density at radius 3 is 1.89 bits per heavy atom. The fourth-order valence-electron chi connectivity index (χ4n) is 7.17. The number of para-hydroxylation sites is 2. The van der Waals surface area contributed by atoms with E-state index in [0.717, 1.165) is 44.8 Å². The Balaban J connectivity index is 0.000000248. The molecular formula is C52H37IrN3S-2. The maximum Gasteiger partial charge on any atom is 0.0774 e. The minimum atomic E-state index is -2.09. The molecule has 1 radical (unpaired) electrons. The Labute approximate surface area is 355 Å². The van der Waals surface area contributed by atoms with Gasteiger partial charge in [-0.2, -0.15) is 0 Å². The molecule has 5 heteroatoms. The molecule has 0 unspecified atom stereocenters. The van der Waals surface area contributed by atoms with E-state index in [4.69, 9.17) is 9.10 Å². The molecule has 10 rings (SSSR count). The van der Waals surface area contributed by atoms with Gasteiger partial charge in [0.05, 0.1) is 22.5 Å². The van der Waals surface area contributed by atoms with Crippen molar-refractivity contribution in [1.29, 1.82) is 0 Å². The molecule has 10 aromatic rings. The molecule has 0 fully saturated rings. The van der Waals surface area contributed by atoms with Gasteiger partial charge in [0.2, 0.25) is 0 Å². The first-order chi connectivity index (χ1) is 28.8. The summed E-state index contributed by atoms with van der Waals surface area (Å²) >= 11 is 1.66. The SMILES string of the molecule is Cc1cc(-c2ccccc2)c(-n2c(-c3[c-]sc4cc(-c5ccccc5)ccc34)nc3ccccc32)c(-c2ccccc2)c1.[2H]C([2H])([2H])c1ccc(-c2[c-]cccc2)nc1.[Ir]. The number of aryl methyl sites for hydroxylation is 2. The average Bonchev–Trinajstić information content (AvgIpc) is 3.88. The molecule has 0 aliphatic rings. The summed E-state index contributed by atoms with van der Waals surface area (Å²) < 4.78 is 25.3. The molecular weight excluding hydrogens is 891 g/mol.